The Kier molecular flexibility index (Phi) is 4.66. The molecule has 3 N–H and O–H groups in total. The highest BCUT2D eigenvalue weighted by Gasteiger charge is 2.26. The summed E-state index contributed by atoms with van der Waals surface area (Å²) in [7, 11) is 0. The summed E-state index contributed by atoms with van der Waals surface area (Å²) in [6.45, 7) is 5.13. The van der Waals surface area contributed by atoms with Gasteiger partial charge in [0, 0.05) is 11.1 Å². The smallest absolute Gasteiger partial charge is 0.184 e. The van der Waals surface area contributed by atoms with Crippen molar-refractivity contribution >= 4 is 23.0 Å². The van der Waals surface area contributed by atoms with Crippen molar-refractivity contribution in [2.24, 2.45) is 10.8 Å². The Hall–Kier alpha value is -2.60. The minimum absolute atomic E-state index is 0.124. The molecule has 6 heteroatoms. The number of fused-ring (bicyclic) bond motifs is 3. The number of rotatable bonds is 5. The molecule has 2 aromatic carbocycles. The van der Waals surface area contributed by atoms with Crippen LogP contribution in [0.1, 0.15) is 25.0 Å². The molecule has 0 atom stereocenters. The molecule has 0 aromatic heterocycles. The molecule has 0 heterocycles. The van der Waals surface area contributed by atoms with Crippen LogP contribution in [0, 0.1) is 0 Å². The summed E-state index contributed by atoms with van der Waals surface area (Å²) < 4.78 is 11.2. The first-order chi connectivity index (χ1) is 11.6. The largest absolute Gasteiger partial charge is 0.494 e. The summed E-state index contributed by atoms with van der Waals surface area (Å²) in [4.78, 5) is 0. The van der Waals surface area contributed by atoms with Gasteiger partial charge in [-0.1, -0.05) is 0 Å². The normalized spacial score (nSPS) is 11.5. The zero-order valence-electron chi connectivity index (χ0n) is 13.6. The van der Waals surface area contributed by atoms with Crippen LogP contribution in [-0.4, -0.2) is 24.0 Å². The van der Waals surface area contributed by atoms with Gasteiger partial charge in [0.1, 0.15) is 11.5 Å². The molecule has 1 aliphatic carbocycles. The first-order valence-corrected chi connectivity index (χ1v) is 8.22. The third-order valence-electron chi connectivity index (χ3n) is 3.68. The fourth-order valence-corrected chi connectivity index (χ4v) is 2.84. The van der Waals surface area contributed by atoms with Crippen LogP contribution in [-0.2, 0) is 0 Å². The van der Waals surface area contributed by atoms with Crippen molar-refractivity contribution in [1.82, 2.24) is 5.43 Å². The van der Waals surface area contributed by atoms with E-state index in [0.29, 0.717) is 13.2 Å². The lowest BCUT2D eigenvalue weighted by atomic mass is 10.1. The number of benzene rings is 2. The monoisotopic (exact) mass is 341 g/mol. The van der Waals surface area contributed by atoms with Gasteiger partial charge in [-0.2, -0.15) is 5.10 Å². The molecule has 0 saturated carbocycles. The van der Waals surface area contributed by atoms with Crippen LogP contribution in [0.15, 0.2) is 41.5 Å². The fourth-order valence-electron chi connectivity index (χ4n) is 2.80. The summed E-state index contributed by atoms with van der Waals surface area (Å²) in [5.74, 6) is 1.61. The van der Waals surface area contributed by atoms with Gasteiger partial charge in [-0.05, 0) is 73.6 Å². The van der Waals surface area contributed by atoms with E-state index in [9.17, 15) is 0 Å². The van der Waals surface area contributed by atoms with Crippen LogP contribution >= 0.6 is 12.2 Å². The topological polar surface area (TPSA) is 68.9 Å². The maximum absolute atomic E-state index is 5.62. The van der Waals surface area contributed by atoms with E-state index >= 15 is 0 Å². The predicted molar refractivity (Wildman–Crippen MR) is 99.8 cm³/mol. The Morgan fingerprint density at radius 2 is 1.46 bits per heavy atom. The van der Waals surface area contributed by atoms with Crippen molar-refractivity contribution in [3.63, 3.8) is 0 Å². The van der Waals surface area contributed by atoms with Crippen LogP contribution in [0.2, 0.25) is 0 Å². The number of thiocarbonyl (C=S) groups is 1. The van der Waals surface area contributed by atoms with Crippen LogP contribution < -0.4 is 20.6 Å². The number of nitrogens with two attached hydrogens (primary N) is 1. The van der Waals surface area contributed by atoms with Gasteiger partial charge in [-0.3, -0.25) is 5.43 Å². The second kappa shape index (κ2) is 6.88. The molecule has 0 fully saturated rings. The predicted octanol–water partition coefficient (Wildman–Crippen LogP) is 3.05. The second-order valence-corrected chi connectivity index (χ2v) is 5.66. The number of hydrazone groups is 1. The molecule has 0 saturated heterocycles. The first-order valence-electron chi connectivity index (χ1n) is 7.82. The molecule has 0 amide bonds. The van der Waals surface area contributed by atoms with E-state index in [2.05, 4.69) is 10.5 Å². The zero-order chi connectivity index (χ0) is 17.1. The molecule has 0 bridgehead atoms. The van der Waals surface area contributed by atoms with Crippen molar-refractivity contribution in [3.05, 3.63) is 47.5 Å². The molecule has 2 aromatic rings. The molecule has 3 rings (SSSR count). The minimum Gasteiger partial charge on any atom is -0.494 e. The van der Waals surface area contributed by atoms with E-state index < -0.39 is 0 Å². The maximum Gasteiger partial charge on any atom is 0.184 e. The summed E-state index contributed by atoms with van der Waals surface area (Å²) >= 11 is 4.87. The average molecular weight is 341 g/mol. The van der Waals surface area contributed by atoms with E-state index in [1.54, 1.807) is 0 Å². The van der Waals surface area contributed by atoms with Crippen molar-refractivity contribution in [2.45, 2.75) is 13.8 Å². The van der Waals surface area contributed by atoms with Gasteiger partial charge in [0.15, 0.2) is 5.11 Å². The number of nitrogens with zero attached hydrogens (tertiary/aromatic N) is 1. The van der Waals surface area contributed by atoms with Crippen molar-refractivity contribution < 1.29 is 9.47 Å². The van der Waals surface area contributed by atoms with Gasteiger partial charge >= 0.3 is 0 Å². The zero-order valence-corrected chi connectivity index (χ0v) is 14.4. The molecule has 124 valence electrons. The van der Waals surface area contributed by atoms with Crippen LogP contribution in [0.4, 0.5) is 0 Å². The Morgan fingerprint density at radius 1 is 0.958 bits per heavy atom. The van der Waals surface area contributed by atoms with Crippen molar-refractivity contribution in [1.29, 1.82) is 0 Å². The van der Waals surface area contributed by atoms with E-state index in [0.717, 1.165) is 39.5 Å². The Labute approximate surface area is 146 Å². The fraction of sp³-hybridized carbons (Fsp3) is 0.222. The van der Waals surface area contributed by atoms with Gasteiger partial charge in [0.25, 0.3) is 0 Å². The highest BCUT2D eigenvalue weighted by molar-refractivity contribution is 7.80. The molecule has 1 aliphatic rings. The molecular formula is C18H19N3O2S. The second-order valence-electron chi connectivity index (χ2n) is 5.22. The summed E-state index contributed by atoms with van der Waals surface area (Å²) in [6.07, 6.45) is 0. The van der Waals surface area contributed by atoms with E-state index in [-0.39, 0.29) is 5.11 Å². The molecular weight excluding hydrogens is 322 g/mol. The van der Waals surface area contributed by atoms with Crippen molar-refractivity contribution in [2.75, 3.05) is 13.2 Å². The molecule has 0 unspecified atom stereocenters. The van der Waals surface area contributed by atoms with Gasteiger partial charge in [0.05, 0.1) is 18.9 Å². The highest BCUT2D eigenvalue weighted by atomic mass is 32.1. The number of hydrogen-bond acceptors (Lipinski definition) is 4. The van der Waals surface area contributed by atoms with E-state index in [1.165, 1.54) is 0 Å². The van der Waals surface area contributed by atoms with Gasteiger partial charge in [-0.15, -0.1) is 0 Å². The molecule has 24 heavy (non-hydrogen) atoms. The quantitative estimate of drug-likeness (QED) is 0.551. The van der Waals surface area contributed by atoms with Crippen LogP contribution in [0.5, 0.6) is 11.5 Å². The Bertz CT molecular complexity index is 760. The molecule has 0 spiro atoms. The standard InChI is InChI=1S/C18H19N3O2S/c1-3-22-11-5-7-13-14-8-6-12(23-4-2)10-16(14)17(15(13)9-11)20-21-18(19)24/h5-10H,3-4H2,1-2H3,(H3,19,21,24). The molecule has 0 aliphatic heterocycles. The van der Waals surface area contributed by atoms with Crippen molar-refractivity contribution in [3.8, 4) is 22.6 Å². The lowest BCUT2D eigenvalue weighted by Crippen LogP contribution is -2.25. The lowest BCUT2D eigenvalue weighted by Gasteiger charge is -2.07. The number of ether oxygens (including phenoxy) is 2. The average Bonchev–Trinajstić information content (AvgIpc) is 2.86. The van der Waals surface area contributed by atoms with Gasteiger partial charge < -0.3 is 15.2 Å². The third-order valence-corrected chi connectivity index (χ3v) is 3.77. The van der Waals surface area contributed by atoms with Crippen LogP contribution in [0.25, 0.3) is 11.1 Å². The SMILES string of the molecule is CCOc1ccc2c(c1)C(=NNC(N)=S)c1cc(OCC)ccc1-2. The van der Waals surface area contributed by atoms with E-state index in [1.807, 2.05) is 50.2 Å². The Morgan fingerprint density at radius 3 is 1.88 bits per heavy atom. The van der Waals surface area contributed by atoms with Gasteiger partial charge in [0.2, 0.25) is 0 Å². The summed E-state index contributed by atoms with van der Waals surface area (Å²) in [6, 6.07) is 12.0. The maximum atomic E-state index is 5.62. The van der Waals surface area contributed by atoms with Crippen LogP contribution in [0.3, 0.4) is 0 Å². The van der Waals surface area contributed by atoms with Gasteiger partial charge in [-0.25, -0.2) is 0 Å². The molecule has 5 nitrogen and oxygen atoms in total. The lowest BCUT2D eigenvalue weighted by molar-refractivity contribution is 0.340. The third kappa shape index (κ3) is 3.05. The first kappa shape index (κ1) is 16.3. The highest BCUT2D eigenvalue weighted by Crippen LogP contribution is 2.40. The number of hydrogen-bond donors (Lipinski definition) is 2. The molecule has 0 radical (unpaired) electrons. The summed E-state index contributed by atoms with van der Waals surface area (Å²) in [5, 5.41) is 4.52. The Balaban J connectivity index is 2.13. The minimum atomic E-state index is 0.124. The summed E-state index contributed by atoms with van der Waals surface area (Å²) in [5.41, 5.74) is 13.1. The van der Waals surface area contributed by atoms with E-state index in [4.69, 9.17) is 27.4 Å². The number of nitrogens with one attached hydrogen (secondary N) is 1.